The van der Waals surface area contributed by atoms with E-state index in [1.54, 1.807) is 0 Å². The van der Waals surface area contributed by atoms with Crippen LogP contribution in [0.15, 0.2) is 224 Å². The van der Waals surface area contributed by atoms with Crippen molar-refractivity contribution in [3.8, 4) is 22.3 Å². The Kier molecular flexibility index (Phi) is 10.1. The molecule has 71 heavy (non-hydrogen) atoms. The average molecular weight is 981 g/mol. The van der Waals surface area contributed by atoms with E-state index in [0.717, 1.165) is 53.4 Å². The fourth-order valence-corrected chi connectivity index (χ4v) is 19.1. The Morgan fingerprint density at radius 2 is 1.01 bits per heavy atom. The number of allylic oxidation sites excluding steroid dienone is 1. The number of rotatable bonds is 7. The van der Waals surface area contributed by atoms with Gasteiger partial charge in [0.2, 0.25) is 0 Å². The van der Waals surface area contributed by atoms with Crippen LogP contribution in [0.2, 0.25) is 0 Å². The highest BCUT2D eigenvalue weighted by Gasteiger charge is 2.30. The highest BCUT2D eigenvalue weighted by molar-refractivity contribution is 8.26. The van der Waals surface area contributed by atoms with Crippen LogP contribution in [-0.2, 0) is 42.9 Å². The molecule has 2 nitrogen and oxygen atoms in total. The number of nitrogens with zero attached hydrogens (tertiary/aromatic N) is 2. The minimum absolute atomic E-state index is 0.931. The molecule has 0 N–H and O–H groups in total. The number of hydrogen-bond acceptors (Lipinski definition) is 3. The average Bonchev–Trinajstić information content (AvgIpc) is 3.84. The Balaban J connectivity index is 0.949. The van der Waals surface area contributed by atoms with Gasteiger partial charge in [-0.15, -0.1) is 0 Å². The van der Waals surface area contributed by atoms with Crippen molar-refractivity contribution in [2.75, 3.05) is 0 Å². The quantitative estimate of drug-likeness (QED) is 0.148. The molecule has 0 amide bonds. The van der Waals surface area contributed by atoms with E-state index in [4.69, 9.17) is 28.6 Å². The van der Waals surface area contributed by atoms with Crippen LogP contribution < -0.4 is 31.8 Å². The second-order valence-electron chi connectivity index (χ2n) is 19.2. The third-order valence-electron chi connectivity index (χ3n) is 15.2. The topological polar surface area (TPSA) is 17.3 Å². The van der Waals surface area contributed by atoms with Gasteiger partial charge in [0.15, 0.2) is 0 Å². The van der Waals surface area contributed by atoms with Gasteiger partial charge in [-0.3, -0.25) is 4.40 Å². The summed E-state index contributed by atoms with van der Waals surface area (Å²) in [7, 11) is 0. The van der Waals surface area contributed by atoms with Crippen molar-refractivity contribution in [3.63, 3.8) is 0 Å². The SMILES string of the molecule is S=P(c1ccccc1)(c1ccc2ccccc2c1)c1ccc2cc(-c3ccc4c5c(c6nc7ccc(P(=S)(c8ccccc8)c8ccc9c(c8)C=CCC9)cc7n6c4c3)CCc3ccccc3-5)ccc2c1. The molecule has 0 aliphatic heterocycles. The zero-order chi connectivity index (χ0) is 47.3. The van der Waals surface area contributed by atoms with Gasteiger partial charge in [0.05, 0.1) is 16.6 Å². The van der Waals surface area contributed by atoms with E-state index in [9.17, 15) is 0 Å². The summed E-state index contributed by atoms with van der Waals surface area (Å²) in [4.78, 5) is 5.53. The van der Waals surface area contributed by atoms with E-state index in [2.05, 4.69) is 235 Å². The summed E-state index contributed by atoms with van der Waals surface area (Å²) in [6.45, 7) is 0. The number of aromatic nitrogens is 2. The van der Waals surface area contributed by atoms with Gasteiger partial charge in [-0.25, -0.2) is 4.98 Å². The summed E-state index contributed by atoms with van der Waals surface area (Å²) < 4.78 is 2.46. The number of imidazole rings is 1. The number of hydrogen-bond donors (Lipinski definition) is 0. The van der Waals surface area contributed by atoms with Crippen molar-refractivity contribution in [1.82, 2.24) is 9.38 Å². The van der Waals surface area contributed by atoms with Crippen LogP contribution in [0, 0.1) is 0 Å². The van der Waals surface area contributed by atoms with E-state index >= 15 is 0 Å². The second-order valence-corrected chi connectivity index (χ2v) is 28.0. The van der Waals surface area contributed by atoms with Crippen LogP contribution in [0.3, 0.4) is 0 Å². The Morgan fingerprint density at radius 1 is 0.423 bits per heavy atom. The van der Waals surface area contributed by atoms with E-state index < -0.39 is 12.1 Å². The molecule has 0 fully saturated rings. The zero-order valence-electron chi connectivity index (χ0n) is 38.9. The highest BCUT2D eigenvalue weighted by atomic mass is 32.4. The maximum absolute atomic E-state index is 7.07. The predicted octanol–water partition coefficient (Wildman–Crippen LogP) is 13.9. The lowest BCUT2D eigenvalue weighted by Gasteiger charge is -2.26. The van der Waals surface area contributed by atoms with Crippen molar-refractivity contribution in [1.29, 1.82) is 0 Å². The van der Waals surface area contributed by atoms with E-state index in [-0.39, 0.29) is 0 Å². The van der Waals surface area contributed by atoms with Crippen LogP contribution in [0.4, 0.5) is 0 Å². The van der Waals surface area contributed by atoms with Crippen molar-refractivity contribution in [3.05, 3.63) is 247 Å². The lowest BCUT2D eigenvalue weighted by Crippen LogP contribution is -2.25. The van der Waals surface area contributed by atoms with Crippen molar-refractivity contribution in [2.45, 2.75) is 25.7 Å². The Hall–Kier alpha value is -7.03. The van der Waals surface area contributed by atoms with Gasteiger partial charge in [-0.2, -0.15) is 0 Å². The summed E-state index contributed by atoms with van der Waals surface area (Å²) in [5, 5.41) is 13.2. The molecule has 2 heterocycles. The van der Waals surface area contributed by atoms with Crippen molar-refractivity contribution in [2.24, 2.45) is 0 Å². The molecule has 0 spiro atoms. The second kappa shape index (κ2) is 16.8. The van der Waals surface area contributed by atoms with Crippen LogP contribution in [-0.4, -0.2) is 9.38 Å². The summed E-state index contributed by atoms with van der Waals surface area (Å²) in [6, 6.07) is 75.8. The van der Waals surface area contributed by atoms with Gasteiger partial charge in [0.25, 0.3) is 0 Å². The Labute approximate surface area is 424 Å². The van der Waals surface area contributed by atoms with Gasteiger partial charge >= 0.3 is 0 Å². The van der Waals surface area contributed by atoms with Gasteiger partial charge in [-0.1, -0.05) is 212 Å². The molecule has 14 rings (SSSR count). The summed E-state index contributed by atoms with van der Waals surface area (Å²) in [5.74, 6) is 0. The number of pyridine rings is 1. The highest BCUT2D eigenvalue weighted by Crippen LogP contribution is 2.48. The molecule has 0 radical (unpaired) electrons. The molecule has 2 aromatic heterocycles. The van der Waals surface area contributed by atoms with Crippen LogP contribution in [0.1, 0.15) is 28.7 Å². The van der Waals surface area contributed by atoms with Gasteiger partial charge in [0.1, 0.15) is 5.65 Å². The molecule has 0 bridgehead atoms. The molecule has 2 atom stereocenters. The van der Waals surface area contributed by atoms with E-state index in [0.29, 0.717) is 0 Å². The summed E-state index contributed by atoms with van der Waals surface area (Å²) >= 11 is 14.0. The van der Waals surface area contributed by atoms with Crippen LogP contribution in [0.5, 0.6) is 0 Å². The molecule has 338 valence electrons. The summed E-state index contributed by atoms with van der Waals surface area (Å²) in [6.07, 6.45) is 8.64. The molecule has 6 heteroatoms. The van der Waals surface area contributed by atoms with E-state index in [1.165, 1.54) is 97.7 Å². The van der Waals surface area contributed by atoms with E-state index in [1.807, 2.05) is 0 Å². The normalized spacial score (nSPS) is 14.8. The van der Waals surface area contributed by atoms with Gasteiger partial charge in [0, 0.05) is 23.0 Å². The number of fused-ring (bicyclic) bond motifs is 13. The smallest absolute Gasteiger partial charge is 0.142 e. The molecule has 0 saturated heterocycles. The monoisotopic (exact) mass is 980 g/mol. The molecule has 12 aromatic rings. The maximum Gasteiger partial charge on any atom is 0.142 e. The number of aryl methyl sites for hydroxylation is 3. The van der Waals surface area contributed by atoms with Crippen LogP contribution >= 0.6 is 12.1 Å². The van der Waals surface area contributed by atoms with Gasteiger partial charge in [-0.05, 0) is 160 Å². The molecule has 10 aromatic carbocycles. The minimum atomic E-state index is -2.49. The zero-order valence-corrected chi connectivity index (χ0v) is 42.3. The fourth-order valence-electron chi connectivity index (χ4n) is 11.6. The third-order valence-corrected chi connectivity index (χ3v) is 25.1. The third kappa shape index (κ3) is 6.84. The molecule has 2 aliphatic rings. The lowest BCUT2D eigenvalue weighted by atomic mass is 9.83. The number of benzene rings is 10. The van der Waals surface area contributed by atoms with Crippen molar-refractivity contribution < 1.29 is 0 Å². The molecular weight excluding hydrogens is 935 g/mol. The first kappa shape index (κ1) is 42.8. The molecule has 2 aliphatic carbocycles. The Morgan fingerprint density at radius 3 is 1.80 bits per heavy atom. The lowest BCUT2D eigenvalue weighted by molar-refractivity contribution is 0.942. The first-order valence-corrected chi connectivity index (χ1v) is 30.2. The maximum atomic E-state index is 7.07. The molecule has 2 unspecified atom stereocenters. The Bertz CT molecular complexity index is 4310. The molecular formula is C65H46N2P2S2. The standard InChI is InChI=1S/C65H46N2P2S2/c70-68(52-18-3-1-4-19-52,54-30-25-43-13-7-9-16-46(43)38-54)56-32-27-49-37-48(23-24-50(49)40-56)51-29-34-59-62(41-51)67-63-42-57(33-36-61(63)66-65(67)60-35-28-45-15-11-12-22-58(45)64(59)60)69(71,53-20-5-2-6-21-53)55-31-26-44-14-8-10-17-47(44)39-55/h1-7,9-13,15-27,29-34,36-42H,8,14,28,35H2. The predicted molar refractivity (Wildman–Crippen MR) is 313 cm³/mol. The minimum Gasteiger partial charge on any atom is -0.292 e. The first-order chi connectivity index (χ1) is 34.9. The van der Waals surface area contributed by atoms with Crippen LogP contribution in [0.25, 0.3) is 77.5 Å². The summed E-state index contributed by atoms with van der Waals surface area (Å²) in [5.41, 5.74) is 14.6. The fraction of sp³-hybridized carbons (Fsp3) is 0.0615. The molecule has 0 saturated carbocycles. The van der Waals surface area contributed by atoms with Crippen molar-refractivity contribution >= 4 is 123 Å². The first-order valence-electron chi connectivity index (χ1n) is 24.6. The van der Waals surface area contributed by atoms with Gasteiger partial charge < -0.3 is 0 Å². The largest absolute Gasteiger partial charge is 0.292 e.